The van der Waals surface area contributed by atoms with Gasteiger partial charge in [-0.3, -0.25) is 4.79 Å². The second-order valence-electron chi connectivity index (χ2n) is 8.18. The largest absolute Gasteiger partial charge is 0.394 e. The molecule has 0 saturated heterocycles. The van der Waals surface area contributed by atoms with Gasteiger partial charge < -0.3 is 14.6 Å². The zero-order valence-corrected chi connectivity index (χ0v) is 14.3. The van der Waals surface area contributed by atoms with E-state index in [0.717, 1.165) is 30.6 Å². The quantitative estimate of drug-likeness (QED) is 0.594. The van der Waals surface area contributed by atoms with Crippen LogP contribution in [0.2, 0.25) is 0 Å². The number of carbonyl (C=O) groups excluding carboxylic acids is 1. The molecule has 4 bridgehead atoms. The van der Waals surface area contributed by atoms with Crippen molar-refractivity contribution in [2.24, 2.45) is 23.2 Å². The number of carbonyl (C=O) groups is 1. The Morgan fingerprint density at radius 3 is 2.04 bits per heavy atom. The first-order valence-electron chi connectivity index (χ1n) is 9.47. The van der Waals surface area contributed by atoms with Gasteiger partial charge in [0.15, 0.2) is 0 Å². The molecule has 0 unspecified atom stereocenters. The molecule has 4 saturated carbocycles. The van der Waals surface area contributed by atoms with Crippen LogP contribution < -0.4 is 0 Å². The van der Waals surface area contributed by atoms with E-state index in [4.69, 9.17) is 14.6 Å². The van der Waals surface area contributed by atoms with Crippen LogP contribution in [0.1, 0.15) is 57.8 Å². The summed E-state index contributed by atoms with van der Waals surface area (Å²) in [5, 5.41) is 8.58. The van der Waals surface area contributed by atoms with Crippen molar-refractivity contribution in [2.75, 3.05) is 33.0 Å². The number of hydrogen-bond acceptors (Lipinski definition) is 4. The number of hydrogen-bond donors (Lipinski definition) is 1. The summed E-state index contributed by atoms with van der Waals surface area (Å²) in [6.07, 6.45) is 10.6. The third kappa shape index (κ3) is 4.77. The Labute approximate surface area is 139 Å². The maximum absolute atomic E-state index is 12.4. The van der Waals surface area contributed by atoms with Gasteiger partial charge in [-0.05, 0) is 68.1 Å². The Balaban J connectivity index is 1.29. The first-order valence-corrected chi connectivity index (χ1v) is 9.47. The van der Waals surface area contributed by atoms with Gasteiger partial charge in [0.1, 0.15) is 5.78 Å². The summed E-state index contributed by atoms with van der Waals surface area (Å²) in [5.74, 6) is 3.23. The average Bonchev–Trinajstić information content (AvgIpc) is 2.48. The van der Waals surface area contributed by atoms with Crippen molar-refractivity contribution < 1.29 is 19.4 Å². The molecule has 0 radical (unpaired) electrons. The molecule has 0 amide bonds. The van der Waals surface area contributed by atoms with E-state index in [9.17, 15) is 4.79 Å². The highest BCUT2D eigenvalue weighted by Gasteiger charge is 2.51. The molecule has 4 heteroatoms. The molecule has 0 aromatic rings. The van der Waals surface area contributed by atoms with E-state index in [1.807, 2.05) is 0 Å². The number of ether oxygens (including phenoxy) is 2. The lowest BCUT2D eigenvalue weighted by Crippen LogP contribution is -2.46. The van der Waals surface area contributed by atoms with E-state index >= 15 is 0 Å². The number of rotatable bonds is 11. The van der Waals surface area contributed by atoms with Gasteiger partial charge in [0.05, 0.1) is 26.4 Å². The van der Waals surface area contributed by atoms with E-state index < -0.39 is 0 Å². The third-order valence-electron chi connectivity index (χ3n) is 6.09. The maximum Gasteiger partial charge on any atom is 0.133 e. The minimum Gasteiger partial charge on any atom is -0.394 e. The average molecular weight is 324 g/mol. The van der Waals surface area contributed by atoms with Crippen molar-refractivity contribution in [3.8, 4) is 0 Å². The predicted molar refractivity (Wildman–Crippen MR) is 88.2 cm³/mol. The SMILES string of the molecule is O=C(CCCOCCOCCO)CC12CC3CC(CC(C3)C1)C2. The molecule has 4 rings (SSSR count). The zero-order valence-electron chi connectivity index (χ0n) is 14.3. The van der Waals surface area contributed by atoms with Crippen LogP contribution in [0.3, 0.4) is 0 Å². The van der Waals surface area contributed by atoms with Crippen molar-refractivity contribution in [3.63, 3.8) is 0 Å². The fraction of sp³-hybridized carbons (Fsp3) is 0.947. The lowest BCUT2D eigenvalue weighted by Gasteiger charge is -2.56. The number of aliphatic hydroxyl groups excluding tert-OH is 1. The van der Waals surface area contributed by atoms with Crippen LogP contribution in [0.5, 0.6) is 0 Å². The van der Waals surface area contributed by atoms with Crippen molar-refractivity contribution in [1.82, 2.24) is 0 Å². The van der Waals surface area contributed by atoms with E-state index in [1.54, 1.807) is 0 Å². The normalized spacial score (nSPS) is 34.9. The fourth-order valence-corrected chi connectivity index (χ4v) is 5.77. The van der Waals surface area contributed by atoms with E-state index in [1.165, 1.54) is 38.5 Å². The van der Waals surface area contributed by atoms with Crippen LogP contribution in [0.25, 0.3) is 0 Å². The molecule has 0 atom stereocenters. The van der Waals surface area contributed by atoms with E-state index in [-0.39, 0.29) is 6.61 Å². The highest BCUT2D eigenvalue weighted by molar-refractivity contribution is 5.79. The van der Waals surface area contributed by atoms with Crippen LogP contribution in [0, 0.1) is 23.2 Å². The first kappa shape index (κ1) is 17.4. The van der Waals surface area contributed by atoms with Crippen LogP contribution in [-0.2, 0) is 14.3 Å². The summed E-state index contributed by atoms with van der Waals surface area (Å²) in [5.41, 5.74) is 0.380. The molecule has 4 fully saturated rings. The fourth-order valence-electron chi connectivity index (χ4n) is 5.77. The monoisotopic (exact) mass is 324 g/mol. The highest BCUT2D eigenvalue weighted by Crippen LogP contribution is 2.61. The van der Waals surface area contributed by atoms with Gasteiger partial charge in [-0.2, -0.15) is 0 Å². The van der Waals surface area contributed by atoms with Gasteiger partial charge in [0, 0.05) is 19.4 Å². The Kier molecular flexibility index (Phi) is 6.11. The number of Topliss-reactive ketones (excluding diaryl/α,β-unsaturated/α-hetero) is 1. The second kappa shape index (κ2) is 8.09. The number of ketones is 1. The Bertz CT molecular complexity index is 358. The summed E-state index contributed by atoms with van der Waals surface area (Å²) >= 11 is 0. The molecular formula is C19H32O4. The molecule has 4 nitrogen and oxygen atoms in total. The molecule has 0 aromatic carbocycles. The highest BCUT2D eigenvalue weighted by atomic mass is 16.5. The van der Waals surface area contributed by atoms with Crippen LogP contribution in [0.4, 0.5) is 0 Å². The lowest BCUT2D eigenvalue weighted by molar-refractivity contribution is -0.127. The molecule has 0 spiro atoms. The zero-order chi connectivity index (χ0) is 16.1. The summed E-state index contributed by atoms with van der Waals surface area (Å²) in [4.78, 5) is 12.4. The van der Waals surface area contributed by atoms with Crippen LogP contribution in [0.15, 0.2) is 0 Å². The van der Waals surface area contributed by atoms with E-state index in [2.05, 4.69) is 0 Å². The Morgan fingerprint density at radius 2 is 1.48 bits per heavy atom. The topological polar surface area (TPSA) is 55.8 Å². The van der Waals surface area contributed by atoms with Gasteiger partial charge in [-0.25, -0.2) is 0 Å². The van der Waals surface area contributed by atoms with Crippen LogP contribution >= 0.6 is 0 Å². The van der Waals surface area contributed by atoms with Gasteiger partial charge in [-0.15, -0.1) is 0 Å². The van der Waals surface area contributed by atoms with Crippen molar-refractivity contribution in [1.29, 1.82) is 0 Å². The minimum atomic E-state index is 0.0544. The van der Waals surface area contributed by atoms with Gasteiger partial charge in [0.2, 0.25) is 0 Å². The molecule has 0 aliphatic heterocycles. The van der Waals surface area contributed by atoms with Gasteiger partial charge in [0.25, 0.3) is 0 Å². The molecule has 4 aliphatic rings. The number of aliphatic hydroxyl groups is 1. The molecule has 4 aliphatic carbocycles. The molecule has 23 heavy (non-hydrogen) atoms. The molecule has 1 N–H and O–H groups in total. The second-order valence-corrected chi connectivity index (χ2v) is 8.18. The molecule has 132 valence electrons. The Morgan fingerprint density at radius 1 is 0.913 bits per heavy atom. The summed E-state index contributed by atoms with van der Waals surface area (Å²) in [6.45, 7) is 2.12. The smallest absolute Gasteiger partial charge is 0.133 e. The summed E-state index contributed by atoms with van der Waals surface area (Å²) in [7, 11) is 0. The third-order valence-corrected chi connectivity index (χ3v) is 6.09. The molecule has 0 heterocycles. The Hall–Kier alpha value is -0.450. The standard InChI is InChI=1S/C19H32O4/c20-3-5-23-7-6-22-4-1-2-18(21)14-19-11-15-8-16(12-19)10-17(9-15)13-19/h15-17,20H,1-14H2. The molecule has 0 aromatic heterocycles. The summed E-state index contributed by atoms with van der Waals surface area (Å²) < 4.78 is 10.6. The van der Waals surface area contributed by atoms with Gasteiger partial charge in [-0.1, -0.05) is 0 Å². The lowest BCUT2D eigenvalue weighted by atomic mass is 9.48. The van der Waals surface area contributed by atoms with E-state index in [0.29, 0.717) is 44.0 Å². The van der Waals surface area contributed by atoms with Crippen LogP contribution in [-0.4, -0.2) is 43.9 Å². The van der Waals surface area contributed by atoms with Gasteiger partial charge >= 0.3 is 0 Å². The first-order chi connectivity index (χ1) is 11.2. The minimum absolute atomic E-state index is 0.0544. The van der Waals surface area contributed by atoms with Crippen molar-refractivity contribution >= 4 is 5.78 Å². The molecular weight excluding hydrogens is 292 g/mol. The predicted octanol–water partition coefficient (Wildman–Crippen LogP) is 2.97. The summed E-state index contributed by atoms with van der Waals surface area (Å²) in [6, 6.07) is 0. The van der Waals surface area contributed by atoms with Crippen molar-refractivity contribution in [3.05, 3.63) is 0 Å². The maximum atomic E-state index is 12.4. The van der Waals surface area contributed by atoms with Crippen molar-refractivity contribution in [2.45, 2.75) is 57.8 Å².